The van der Waals surface area contributed by atoms with Crippen LogP contribution in [-0.4, -0.2) is 67.1 Å². The van der Waals surface area contributed by atoms with Crippen LogP contribution in [0.25, 0.3) is 0 Å². The van der Waals surface area contributed by atoms with Gasteiger partial charge in [-0.25, -0.2) is 4.39 Å². The van der Waals surface area contributed by atoms with Crippen LogP contribution in [0.15, 0.2) is 103 Å². The Bertz CT molecular complexity index is 1500. The zero-order valence-electron chi connectivity index (χ0n) is 31.7. The molecule has 4 aliphatic rings. The minimum Gasteiger partial charge on any atom is -0.385 e. The molecular formula is C40H56ClF3N4O2S2. The van der Waals surface area contributed by atoms with E-state index in [9.17, 15) is 23.1 Å². The molecule has 52 heavy (non-hydrogen) atoms. The third kappa shape index (κ3) is 15.2. The smallest absolute Gasteiger partial charge is 0.217 e. The molecule has 1 aliphatic carbocycles. The molecule has 6 nitrogen and oxygen atoms in total. The number of amides is 1. The first-order chi connectivity index (χ1) is 25.0. The second-order valence-corrected chi connectivity index (χ2v) is 14.7. The van der Waals surface area contributed by atoms with Gasteiger partial charge in [0.25, 0.3) is 0 Å². The summed E-state index contributed by atoms with van der Waals surface area (Å²) < 4.78 is 31.1. The van der Waals surface area contributed by atoms with Crippen molar-refractivity contribution in [3.8, 4) is 0 Å². The third-order valence-electron chi connectivity index (χ3n) is 8.03. The van der Waals surface area contributed by atoms with E-state index in [1.54, 1.807) is 48.8 Å². The van der Waals surface area contributed by atoms with E-state index in [-0.39, 0.29) is 17.8 Å². The van der Waals surface area contributed by atoms with Crippen LogP contribution in [-0.2, 0) is 4.79 Å². The molecule has 1 aromatic carbocycles. The van der Waals surface area contributed by atoms with Gasteiger partial charge in [-0.15, -0.1) is 0 Å². The van der Waals surface area contributed by atoms with Gasteiger partial charge < -0.3 is 15.3 Å². The van der Waals surface area contributed by atoms with Crippen molar-refractivity contribution < 1.29 is 23.1 Å². The van der Waals surface area contributed by atoms with Gasteiger partial charge in [0.05, 0.1) is 38.2 Å². The van der Waals surface area contributed by atoms with Crippen LogP contribution in [0, 0.1) is 11.7 Å². The van der Waals surface area contributed by atoms with Crippen LogP contribution >= 0.6 is 35.1 Å². The van der Waals surface area contributed by atoms with E-state index in [4.69, 9.17) is 16.6 Å². The van der Waals surface area contributed by atoms with E-state index >= 15 is 0 Å². The van der Waals surface area contributed by atoms with E-state index in [1.165, 1.54) is 35.6 Å². The summed E-state index contributed by atoms with van der Waals surface area (Å²) in [7, 11) is 1.00. The topological polar surface area (TPSA) is 77.3 Å². The number of nitrogens with zero attached hydrogens (tertiary/aromatic N) is 3. The fourth-order valence-corrected chi connectivity index (χ4v) is 7.62. The number of hydrogen-bond acceptors (Lipinski definition) is 7. The Morgan fingerprint density at radius 1 is 1.15 bits per heavy atom. The van der Waals surface area contributed by atoms with Crippen LogP contribution in [0.4, 0.5) is 13.2 Å². The number of benzene rings is 1. The standard InChI is InChI=1S/C17H20N4OS.C15H26OS.C6H4ClF.2CH3F/c1-4-7-23-11(2)17-19-9-14(15-5-6-18-15)16-8-13(10-21(16)17)20-12(3)22;1-5-10-15(16,11-6-2)14(7-3)17-12(4)13-8-9-13;7-5-2-1-3-6(8)4-5;2*1-2/h4-7,13H,2,8-10H2,1,3H3,(H,20,22);7,13,16H,4-6,8-11H2,1-3H3;1-4H;2*1H3/b7-4-;14-7-;;;. The maximum atomic E-state index is 12.1. The van der Waals surface area contributed by atoms with Crippen molar-refractivity contribution in [2.75, 3.05) is 27.4 Å². The Hall–Kier alpha value is -2.99. The lowest BCUT2D eigenvalue weighted by atomic mass is 9.92. The van der Waals surface area contributed by atoms with Gasteiger partial charge in [0, 0.05) is 52.2 Å². The molecule has 2 N–H and O–H groups in total. The monoisotopic (exact) mass is 780 g/mol. The number of rotatable bonds is 13. The molecule has 12 heteroatoms. The summed E-state index contributed by atoms with van der Waals surface area (Å²) in [5, 5.41) is 16.2. The van der Waals surface area contributed by atoms with Gasteiger partial charge in [-0.1, -0.05) is 93.2 Å². The number of hydrogen-bond donors (Lipinski definition) is 2. The van der Waals surface area contributed by atoms with Gasteiger partial charge >= 0.3 is 0 Å². The van der Waals surface area contributed by atoms with E-state index in [0.717, 1.165) is 65.6 Å². The second kappa shape index (κ2) is 25.1. The molecule has 1 saturated heterocycles. The van der Waals surface area contributed by atoms with Crippen LogP contribution in [0.1, 0.15) is 79.6 Å². The van der Waals surface area contributed by atoms with Crippen molar-refractivity contribution in [1.82, 2.24) is 10.2 Å². The lowest BCUT2D eigenvalue weighted by Gasteiger charge is -2.30. The van der Waals surface area contributed by atoms with Gasteiger partial charge in [-0.2, -0.15) is 0 Å². The number of nitrogens with one attached hydrogen (secondary N) is 1. The molecular weight excluding hydrogens is 725 g/mol. The normalized spacial score (nSPS) is 17.3. The number of allylic oxidation sites excluding steroid dienone is 4. The van der Waals surface area contributed by atoms with E-state index < -0.39 is 5.60 Å². The summed E-state index contributed by atoms with van der Waals surface area (Å²) >= 11 is 8.70. The largest absolute Gasteiger partial charge is 0.385 e. The van der Waals surface area contributed by atoms with E-state index in [0.29, 0.717) is 31.8 Å². The number of halogens is 4. The highest BCUT2D eigenvalue weighted by molar-refractivity contribution is 8.07. The summed E-state index contributed by atoms with van der Waals surface area (Å²) in [5.74, 6) is 1.31. The minimum absolute atomic E-state index is 0.00140. The highest BCUT2D eigenvalue weighted by Crippen LogP contribution is 2.47. The molecule has 0 radical (unpaired) electrons. The van der Waals surface area contributed by atoms with Crippen molar-refractivity contribution in [2.24, 2.45) is 15.9 Å². The number of aliphatic hydroxyl groups is 1. The maximum absolute atomic E-state index is 12.1. The average Bonchev–Trinajstić information content (AvgIpc) is 3.87. The zero-order valence-corrected chi connectivity index (χ0v) is 34.0. The van der Waals surface area contributed by atoms with E-state index in [1.807, 2.05) is 31.4 Å². The van der Waals surface area contributed by atoms with Crippen molar-refractivity contribution in [1.29, 1.82) is 0 Å². The Morgan fingerprint density at radius 2 is 1.79 bits per heavy atom. The molecule has 0 aromatic heterocycles. The molecule has 1 saturated carbocycles. The summed E-state index contributed by atoms with van der Waals surface area (Å²) in [5.41, 5.74) is 2.75. The quantitative estimate of drug-likeness (QED) is 0.208. The molecule has 0 bridgehead atoms. The number of carbonyl (C=O) groups is 1. The van der Waals surface area contributed by atoms with Crippen LogP contribution < -0.4 is 5.32 Å². The Labute approximate surface area is 323 Å². The minimum atomic E-state index is -0.624. The molecule has 1 unspecified atom stereocenters. The molecule has 288 valence electrons. The van der Waals surface area contributed by atoms with Crippen molar-refractivity contribution in [3.63, 3.8) is 0 Å². The Balaban J connectivity index is 0.000000408. The predicted molar refractivity (Wildman–Crippen MR) is 220 cm³/mol. The first-order valence-electron chi connectivity index (χ1n) is 17.4. The van der Waals surface area contributed by atoms with Gasteiger partial charge in [-0.3, -0.25) is 23.6 Å². The second-order valence-electron chi connectivity index (χ2n) is 12.1. The summed E-state index contributed by atoms with van der Waals surface area (Å²) in [6, 6.07) is 5.92. The fraction of sp³-hybridized carbons (Fsp3) is 0.475. The highest BCUT2D eigenvalue weighted by Gasteiger charge is 2.36. The lowest BCUT2D eigenvalue weighted by molar-refractivity contribution is -0.119. The van der Waals surface area contributed by atoms with Gasteiger partial charge in [0.2, 0.25) is 5.91 Å². The number of aliphatic imine (C=N–C) groups is 2. The molecule has 3 heterocycles. The molecule has 0 spiro atoms. The molecule has 1 atom stereocenters. The zero-order chi connectivity index (χ0) is 39.3. The van der Waals surface area contributed by atoms with Gasteiger partial charge in [0.15, 0.2) is 0 Å². The lowest BCUT2D eigenvalue weighted by Crippen LogP contribution is -2.38. The van der Waals surface area contributed by atoms with Gasteiger partial charge in [0.1, 0.15) is 11.7 Å². The SMILES string of the molecule is C=C(S/C(=C\C)C(O)(CCC)CCC)C1CC1.C=C(S/C=C\C)C1=NCC(C2=CC=N2)=C2CC(NC(C)=O)CN12.CF.CF.Fc1cccc(Cl)c1. The summed E-state index contributed by atoms with van der Waals surface area (Å²) in [6.07, 6.45) is 15.0. The first kappa shape index (κ1) is 47.0. The Morgan fingerprint density at radius 3 is 2.23 bits per heavy atom. The predicted octanol–water partition coefficient (Wildman–Crippen LogP) is 11.1. The van der Waals surface area contributed by atoms with E-state index in [2.05, 4.69) is 48.3 Å². The summed E-state index contributed by atoms with van der Waals surface area (Å²) in [4.78, 5) is 25.9. The Kier molecular flexibility index (Phi) is 22.7. The third-order valence-corrected chi connectivity index (χ3v) is 10.6. The van der Waals surface area contributed by atoms with Crippen LogP contribution in [0.3, 0.4) is 0 Å². The molecule has 5 rings (SSSR count). The first-order valence-corrected chi connectivity index (χ1v) is 19.5. The van der Waals surface area contributed by atoms with Crippen molar-refractivity contribution >= 4 is 53.1 Å². The van der Waals surface area contributed by atoms with Crippen LogP contribution in [0.2, 0.25) is 5.02 Å². The molecule has 3 aliphatic heterocycles. The maximum Gasteiger partial charge on any atom is 0.217 e. The molecule has 2 fully saturated rings. The molecule has 1 aromatic rings. The summed E-state index contributed by atoms with van der Waals surface area (Å²) in [6.45, 7) is 19.5. The average molecular weight is 781 g/mol. The van der Waals surface area contributed by atoms with Gasteiger partial charge in [-0.05, 0) is 80.0 Å². The fourth-order valence-electron chi connectivity index (χ4n) is 5.66. The number of fused-ring (bicyclic) bond motifs is 1. The van der Waals surface area contributed by atoms with Crippen molar-refractivity contribution in [3.05, 3.63) is 104 Å². The number of amidine groups is 1. The highest BCUT2D eigenvalue weighted by atomic mass is 35.5. The molecule has 1 amide bonds. The number of carbonyl (C=O) groups excluding carboxylic acids is 1. The van der Waals surface area contributed by atoms with Crippen molar-refractivity contribution in [2.45, 2.75) is 91.2 Å². The number of thioether (sulfide) groups is 2. The van der Waals surface area contributed by atoms with Crippen LogP contribution in [0.5, 0.6) is 0 Å². The number of alkyl halides is 2.